The highest BCUT2D eigenvalue weighted by atomic mass is 35.5. The first-order valence-corrected chi connectivity index (χ1v) is 12.0. The monoisotopic (exact) mass is 475 g/mol. The normalized spacial score (nSPS) is 11.0. The van der Waals surface area contributed by atoms with Crippen LogP contribution in [0.2, 0.25) is 5.02 Å². The minimum atomic E-state index is 0.0311. The number of carbonyl (C=O) groups excluding carboxylic acids is 1. The van der Waals surface area contributed by atoms with Crippen molar-refractivity contribution in [3.05, 3.63) is 94.3 Å². The molecule has 4 aromatic rings. The van der Waals surface area contributed by atoms with Crippen LogP contribution in [0, 0.1) is 13.8 Å². The fourth-order valence-electron chi connectivity index (χ4n) is 4.04. The summed E-state index contributed by atoms with van der Waals surface area (Å²) in [7, 11) is 0. The van der Waals surface area contributed by atoms with E-state index in [4.69, 9.17) is 21.3 Å². The fraction of sp³-hybridized carbons (Fsp3) is 0.286. The zero-order valence-corrected chi connectivity index (χ0v) is 20.4. The molecule has 0 aliphatic heterocycles. The minimum Gasteiger partial charge on any atom is -0.494 e. The van der Waals surface area contributed by atoms with E-state index in [0.717, 1.165) is 57.3 Å². The predicted octanol–water partition coefficient (Wildman–Crippen LogP) is 5.68. The van der Waals surface area contributed by atoms with Gasteiger partial charge >= 0.3 is 0 Å². The number of imidazole rings is 1. The van der Waals surface area contributed by atoms with Gasteiger partial charge in [-0.2, -0.15) is 0 Å². The number of hydrogen-bond donors (Lipinski definition) is 1. The maximum atomic E-state index is 12.4. The van der Waals surface area contributed by atoms with Crippen molar-refractivity contribution >= 4 is 28.5 Å². The Bertz CT molecular complexity index is 1280. The van der Waals surface area contributed by atoms with Crippen LogP contribution in [-0.2, 0) is 24.2 Å². The second kappa shape index (κ2) is 11.2. The van der Waals surface area contributed by atoms with Crippen molar-refractivity contribution in [1.29, 1.82) is 0 Å². The van der Waals surface area contributed by atoms with E-state index in [9.17, 15) is 4.79 Å². The van der Waals surface area contributed by atoms with E-state index in [1.807, 2.05) is 74.5 Å². The van der Waals surface area contributed by atoms with Gasteiger partial charge in [-0.05, 0) is 67.3 Å². The summed E-state index contributed by atoms with van der Waals surface area (Å²) in [4.78, 5) is 17.3. The average molecular weight is 476 g/mol. The fourth-order valence-corrected chi connectivity index (χ4v) is 4.16. The van der Waals surface area contributed by atoms with Crippen LogP contribution in [0.4, 0.5) is 0 Å². The summed E-state index contributed by atoms with van der Waals surface area (Å²) in [5.74, 6) is 1.83. The van der Waals surface area contributed by atoms with Crippen LogP contribution in [0.5, 0.6) is 5.75 Å². The Morgan fingerprint density at radius 2 is 1.82 bits per heavy atom. The van der Waals surface area contributed by atoms with E-state index in [-0.39, 0.29) is 5.91 Å². The standard InChI is InChI=1S/C28H30ClN3O2/c1-20-8-3-4-9-22(20)19-28(33)30-15-14-27-31-25-10-5-6-11-26(25)32(27)16-7-17-34-23-12-13-24(29)21(2)18-23/h3-6,8-13,18H,7,14-17,19H2,1-2H3,(H,30,33). The Balaban J connectivity index is 1.34. The Labute approximate surface area is 205 Å². The number of rotatable bonds is 10. The van der Waals surface area contributed by atoms with Crippen molar-refractivity contribution in [1.82, 2.24) is 14.9 Å². The summed E-state index contributed by atoms with van der Waals surface area (Å²) < 4.78 is 8.16. The number of hydrogen-bond acceptors (Lipinski definition) is 3. The Kier molecular flexibility index (Phi) is 7.86. The first kappa shape index (κ1) is 23.8. The van der Waals surface area contributed by atoms with Gasteiger partial charge in [-0.1, -0.05) is 48.0 Å². The van der Waals surface area contributed by atoms with Gasteiger partial charge in [0.05, 0.1) is 24.1 Å². The van der Waals surface area contributed by atoms with Crippen molar-refractivity contribution < 1.29 is 9.53 Å². The molecule has 0 saturated carbocycles. The smallest absolute Gasteiger partial charge is 0.224 e. The van der Waals surface area contributed by atoms with E-state index in [1.54, 1.807) is 0 Å². The van der Waals surface area contributed by atoms with Crippen molar-refractivity contribution in [2.75, 3.05) is 13.2 Å². The molecule has 1 heterocycles. The highest BCUT2D eigenvalue weighted by Gasteiger charge is 2.12. The number of carbonyl (C=O) groups is 1. The SMILES string of the molecule is Cc1cc(OCCCn2c(CCNC(=O)Cc3ccccc3C)nc3ccccc32)ccc1Cl. The summed E-state index contributed by atoms with van der Waals surface area (Å²) in [5, 5.41) is 3.79. The quantitative estimate of drug-likeness (QED) is 0.300. The average Bonchev–Trinajstić information content (AvgIpc) is 3.18. The van der Waals surface area contributed by atoms with Gasteiger partial charge in [0.15, 0.2) is 0 Å². The molecule has 0 fully saturated rings. The molecular weight excluding hydrogens is 446 g/mol. The minimum absolute atomic E-state index is 0.0311. The van der Waals surface area contributed by atoms with Crippen LogP contribution in [-0.4, -0.2) is 28.6 Å². The van der Waals surface area contributed by atoms with Gasteiger partial charge in [-0.15, -0.1) is 0 Å². The van der Waals surface area contributed by atoms with Gasteiger partial charge in [0.1, 0.15) is 11.6 Å². The van der Waals surface area contributed by atoms with E-state index < -0.39 is 0 Å². The molecule has 1 amide bonds. The summed E-state index contributed by atoms with van der Waals surface area (Å²) in [6.45, 7) is 5.94. The number of fused-ring (bicyclic) bond motifs is 1. The molecule has 34 heavy (non-hydrogen) atoms. The molecular formula is C28H30ClN3O2. The van der Waals surface area contributed by atoms with E-state index in [0.29, 0.717) is 26.0 Å². The third-order valence-electron chi connectivity index (χ3n) is 5.94. The lowest BCUT2D eigenvalue weighted by Crippen LogP contribution is -2.28. The number of benzene rings is 3. The molecule has 6 heteroatoms. The number of amides is 1. The van der Waals surface area contributed by atoms with Gasteiger partial charge in [-0.25, -0.2) is 4.98 Å². The van der Waals surface area contributed by atoms with Crippen LogP contribution in [0.25, 0.3) is 11.0 Å². The largest absolute Gasteiger partial charge is 0.494 e. The Morgan fingerprint density at radius 1 is 1.03 bits per heavy atom. The third kappa shape index (κ3) is 5.97. The van der Waals surface area contributed by atoms with Crippen LogP contribution < -0.4 is 10.1 Å². The van der Waals surface area contributed by atoms with E-state index in [2.05, 4.69) is 16.0 Å². The number of halogens is 1. The number of ether oxygens (including phenoxy) is 1. The summed E-state index contributed by atoms with van der Waals surface area (Å²) in [5.41, 5.74) is 5.27. The molecule has 0 aliphatic rings. The first-order chi connectivity index (χ1) is 16.5. The number of para-hydroxylation sites is 2. The van der Waals surface area contributed by atoms with Crippen LogP contribution >= 0.6 is 11.6 Å². The van der Waals surface area contributed by atoms with Crippen molar-refractivity contribution in [2.45, 2.75) is 39.7 Å². The molecule has 0 spiro atoms. The number of nitrogens with zero attached hydrogens (tertiary/aromatic N) is 2. The molecule has 4 rings (SSSR count). The predicted molar refractivity (Wildman–Crippen MR) is 138 cm³/mol. The van der Waals surface area contributed by atoms with Gasteiger partial charge in [0.2, 0.25) is 5.91 Å². The maximum absolute atomic E-state index is 12.4. The van der Waals surface area contributed by atoms with Gasteiger partial charge in [-0.3, -0.25) is 4.79 Å². The molecule has 0 aliphatic carbocycles. The zero-order chi connectivity index (χ0) is 23.9. The van der Waals surface area contributed by atoms with Crippen LogP contribution in [0.15, 0.2) is 66.7 Å². The Hall–Kier alpha value is -3.31. The molecule has 1 N–H and O–H groups in total. The Morgan fingerprint density at radius 3 is 2.65 bits per heavy atom. The molecule has 176 valence electrons. The second-order valence-corrected chi connectivity index (χ2v) is 8.89. The van der Waals surface area contributed by atoms with Crippen molar-refractivity contribution in [2.24, 2.45) is 0 Å². The van der Waals surface area contributed by atoms with E-state index in [1.165, 1.54) is 0 Å². The van der Waals surface area contributed by atoms with Gasteiger partial charge in [0.25, 0.3) is 0 Å². The highest BCUT2D eigenvalue weighted by Crippen LogP contribution is 2.21. The summed E-state index contributed by atoms with van der Waals surface area (Å²) >= 11 is 6.10. The first-order valence-electron chi connectivity index (χ1n) is 11.7. The zero-order valence-electron chi connectivity index (χ0n) is 19.7. The molecule has 0 unspecified atom stereocenters. The molecule has 5 nitrogen and oxygen atoms in total. The lowest BCUT2D eigenvalue weighted by atomic mass is 10.1. The lowest BCUT2D eigenvalue weighted by molar-refractivity contribution is -0.120. The highest BCUT2D eigenvalue weighted by molar-refractivity contribution is 6.31. The lowest BCUT2D eigenvalue weighted by Gasteiger charge is -2.12. The number of nitrogens with one attached hydrogen (secondary N) is 1. The third-order valence-corrected chi connectivity index (χ3v) is 6.36. The second-order valence-electron chi connectivity index (χ2n) is 8.48. The van der Waals surface area contributed by atoms with Gasteiger partial charge in [0, 0.05) is 24.5 Å². The van der Waals surface area contributed by atoms with Crippen molar-refractivity contribution in [3.8, 4) is 5.75 Å². The van der Waals surface area contributed by atoms with Gasteiger partial charge < -0.3 is 14.6 Å². The van der Waals surface area contributed by atoms with Crippen molar-refractivity contribution in [3.63, 3.8) is 0 Å². The number of aryl methyl sites for hydroxylation is 3. The number of aromatic nitrogens is 2. The maximum Gasteiger partial charge on any atom is 0.224 e. The molecule has 0 radical (unpaired) electrons. The molecule has 1 aromatic heterocycles. The molecule has 0 bridgehead atoms. The molecule has 0 saturated heterocycles. The van der Waals surface area contributed by atoms with Crippen LogP contribution in [0.1, 0.15) is 28.9 Å². The summed E-state index contributed by atoms with van der Waals surface area (Å²) in [6.07, 6.45) is 1.91. The molecule has 0 atom stereocenters. The molecule has 3 aromatic carbocycles. The topological polar surface area (TPSA) is 56.1 Å². The van der Waals surface area contributed by atoms with E-state index >= 15 is 0 Å². The summed E-state index contributed by atoms with van der Waals surface area (Å²) in [6, 6.07) is 21.9. The van der Waals surface area contributed by atoms with Crippen LogP contribution in [0.3, 0.4) is 0 Å².